The van der Waals surface area contributed by atoms with Gasteiger partial charge in [-0.3, -0.25) is 14.3 Å². The lowest BCUT2D eigenvalue weighted by atomic mass is 10.1. The van der Waals surface area contributed by atoms with Crippen molar-refractivity contribution in [2.24, 2.45) is 7.05 Å². The Morgan fingerprint density at radius 2 is 2.00 bits per heavy atom. The number of aromatic nitrogens is 2. The molecule has 0 radical (unpaired) electrons. The minimum atomic E-state index is -0.136. The lowest BCUT2D eigenvalue weighted by Crippen LogP contribution is -2.05. The Kier molecular flexibility index (Phi) is 3.33. The topological polar surface area (TPSA) is 90.0 Å². The number of nitrogens with two attached hydrogens (primary N) is 1. The summed E-state index contributed by atoms with van der Waals surface area (Å²) in [6.45, 7) is 1.44. The van der Waals surface area contributed by atoms with Crippen molar-refractivity contribution in [2.45, 2.75) is 6.92 Å². The molecule has 98 valence electrons. The molecule has 6 heteroatoms. The summed E-state index contributed by atoms with van der Waals surface area (Å²) in [5.74, 6) is 0.194. The smallest absolute Gasteiger partial charge is 0.221 e. The Balaban J connectivity index is 2.40. The third-order valence-corrected chi connectivity index (χ3v) is 2.73. The van der Waals surface area contributed by atoms with Gasteiger partial charge in [0.25, 0.3) is 0 Å². The van der Waals surface area contributed by atoms with Gasteiger partial charge in [-0.25, -0.2) is 0 Å². The highest BCUT2D eigenvalue weighted by Gasteiger charge is 2.14. The standard InChI is InChI=1S/C13H14N4O2/c1-8(19)15-10-5-3-9(4-6-10)12-11(7-18)13(14)17(2)16-12/h3-7H,14H2,1-2H3,(H,15,19). The maximum Gasteiger partial charge on any atom is 0.221 e. The monoisotopic (exact) mass is 258 g/mol. The Morgan fingerprint density at radius 1 is 1.37 bits per heavy atom. The highest BCUT2D eigenvalue weighted by Crippen LogP contribution is 2.26. The number of benzene rings is 1. The molecule has 1 amide bonds. The number of amides is 1. The van der Waals surface area contributed by atoms with Gasteiger partial charge in [-0.15, -0.1) is 0 Å². The molecule has 6 nitrogen and oxygen atoms in total. The molecule has 0 bridgehead atoms. The number of aryl methyl sites for hydroxylation is 1. The van der Waals surface area contributed by atoms with Gasteiger partial charge in [-0.05, 0) is 12.1 Å². The van der Waals surface area contributed by atoms with Crippen LogP contribution in [0.5, 0.6) is 0 Å². The summed E-state index contributed by atoms with van der Waals surface area (Å²) in [4.78, 5) is 22.0. The summed E-state index contributed by atoms with van der Waals surface area (Å²) >= 11 is 0. The fraction of sp³-hybridized carbons (Fsp3) is 0.154. The van der Waals surface area contributed by atoms with Crippen molar-refractivity contribution in [2.75, 3.05) is 11.1 Å². The molecule has 19 heavy (non-hydrogen) atoms. The van der Waals surface area contributed by atoms with Gasteiger partial charge >= 0.3 is 0 Å². The largest absolute Gasteiger partial charge is 0.383 e. The molecule has 0 aliphatic carbocycles. The van der Waals surface area contributed by atoms with Crippen LogP contribution in [0.3, 0.4) is 0 Å². The highest BCUT2D eigenvalue weighted by atomic mass is 16.1. The predicted octanol–water partition coefficient (Wildman–Crippen LogP) is 1.44. The van der Waals surface area contributed by atoms with E-state index in [0.717, 1.165) is 5.56 Å². The zero-order valence-corrected chi connectivity index (χ0v) is 10.7. The van der Waals surface area contributed by atoms with Gasteiger partial charge in [0.05, 0.1) is 5.56 Å². The number of carbonyl (C=O) groups is 2. The van der Waals surface area contributed by atoms with E-state index in [0.29, 0.717) is 29.0 Å². The summed E-state index contributed by atoms with van der Waals surface area (Å²) in [6.07, 6.45) is 0.694. The first-order valence-electron chi connectivity index (χ1n) is 5.68. The van der Waals surface area contributed by atoms with Gasteiger partial charge in [0.2, 0.25) is 5.91 Å². The van der Waals surface area contributed by atoms with Gasteiger partial charge in [-0.2, -0.15) is 5.10 Å². The molecule has 0 spiro atoms. The first-order chi connectivity index (χ1) is 9.02. The SMILES string of the molecule is CC(=O)Nc1ccc(-c2nn(C)c(N)c2C=O)cc1. The van der Waals surface area contributed by atoms with Gasteiger partial charge in [0, 0.05) is 25.2 Å². The molecule has 0 saturated carbocycles. The van der Waals surface area contributed by atoms with Crippen LogP contribution >= 0.6 is 0 Å². The van der Waals surface area contributed by atoms with Crippen LogP contribution in [0.2, 0.25) is 0 Å². The number of anilines is 2. The van der Waals surface area contributed by atoms with Crippen molar-refractivity contribution in [1.29, 1.82) is 0 Å². The van der Waals surface area contributed by atoms with Gasteiger partial charge in [0.1, 0.15) is 11.5 Å². The van der Waals surface area contributed by atoms with E-state index < -0.39 is 0 Å². The fourth-order valence-corrected chi connectivity index (χ4v) is 1.80. The molecule has 1 aromatic carbocycles. The van der Waals surface area contributed by atoms with Crippen molar-refractivity contribution >= 4 is 23.7 Å². The lowest BCUT2D eigenvalue weighted by molar-refractivity contribution is -0.114. The molecule has 0 fully saturated rings. The van der Waals surface area contributed by atoms with Crippen molar-refractivity contribution in [1.82, 2.24) is 9.78 Å². The molecule has 1 heterocycles. The third kappa shape index (κ3) is 2.47. The zero-order valence-electron chi connectivity index (χ0n) is 10.7. The van der Waals surface area contributed by atoms with E-state index in [4.69, 9.17) is 5.73 Å². The van der Waals surface area contributed by atoms with Crippen molar-refractivity contribution < 1.29 is 9.59 Å². The second kappa shape index (κ2) is 4.93. The lowest BCUT2D eigenvalue weighted by Gasteiger charge is -2.03. The van der Waals surface area contributed by atoms with Crippen LogP contribution in [-0.2, 0) is 11.8 Å². The number of carbonyl (C=O) groups excluding carboxylic acids is 2. The molecule has 2 rings (SSSR count). The van der Waals surface area contributed by atoms with Gasteiger partial charge < -0.3 is 11.1 Å². The maximum atomic E-state index is 11.1. The van der Waals surface area contributed by atoms with Crippen LogP contribution in [0.4, 0.5) is 11.5 Å². The molecule has 0 atom stereocenters. The number of nitrogen functional groups attached to an aromatic ring is 1. The Hall–Kier alpha value is -2.63. The van der Waals surface area contributed by atoms with E-state index in [9.17, 15) is 9.59 Å². The van der Waals surface area contributed by atoms with Gasteiger partial charge in [-0.1, -0.05) is 12.1 Å². The van der Waals surface area contributed by atoms with Crippen molar-refractivity contribution in [3.8, 4) is 11.3 Å². The third-order valence-electron chi connectivity index (χ3n) is 2.73. The summed E-state index contributed by atoms with van der Waals surface area (Å²) < 4.78 is 1.46. The van der Waals surface area contributed by atoms with Crippen molar-refractivity contribution in [3.05, 3.63) is 29.8 Å². The van der Waals surface area contributed by atoms with Crippen LogP contribution in [0.15, 0.2) is 24.3 Å². The van der Waals surface area contributed by atoms with Crippen LogP contribution in [0, 0.1) is 0 Å². The van der Waals surface area contributed by atoms with Crippen LogP contribution in [0.1, 0.15) is 17.3 Å². The Bertz CT molecular complexity index is 629. The predicted molar refractivity (Wildman–Crippen MR) is 72.7 cm³/mol. The normalized spacial score (nSPS) is 10.2. The molecule has 0 aliphatic rings. The number of nitrogens with zero attached hydrogens (tertiary/aromatic N) is 2. The minimum absolute atomic E-state index is 0.136. The quantitative estimate of drug-likeness (QED) is 0.815. The summed E-state index contributed by atoms with van der Waals surface area (Å²) in [6, 6.07) is 7.05. The first-order valence-corrected chi connectivity index (χ1v) is 5.68. The molecule has 3 N–H and O–H groups in total. The molecular weight excluding hydrogens is 244 g/mol. The van der Waals surface area contributed by atoms with Gasteiger partial charge in [0.15, 0.2) is 6.29 Å². The van der Waals surface area contributed by atoms with E-state index in [-0.39, 0.29) is 5.91 Å². The first kappa shape index (κ1) is 12.8. The Morgan fingerprint density at radius 3 is 2.53 bits per heavy atom. The fourth-order valence-electron chi connectivity index (χ4n) is 1.80. The molecule has 2 aromatic rings. The van der Waals surface area contributed by atoms with E-state index in [2.05, 4.69) is 10.4 Å². The molecule has 0 aliphatic heterocycles. The number of rotatable bonds is 3. The summed E-state index contributed by atoms with van der Waals surface area (Å²) in [7, 11) is 1.68. The molecule has 1 aromatic heterocycles. The van der Waals surface area contributed by atoms with E-state index >= 15 is 0 Å². The highest BCUT2D eigenvalue weighted by molar-refractivity contribution is 5.92. The number of nitrogens with one attached hydrogen (secondary N) is 1. The molecular formula is C13H14N4O2. The molecule has 0 saturated heterocycles. The Labute approximate surface area is 110 Å². The zero-order chi connectivity index (χ0) is 14.0. The second-order valence-electron chi connectivity index (χ2n) is 4.15. The molecule has 0 unspecified atom stereocenters. The second-order valence-corrected chi connectivity index (χ2v) is 4.15. The van der Waals surface area contributed by atoms with Crippen LogP contribution < -0.4 is 11.1 Å². The number of aldehydes is 1. The number of hydrogen-bond donors (Lipinski definition) is 2. The maximum absolute atomic E-state index is 11.1. The van der Waals surface area contributed by atoms with Crippen LogP contribution in [-0.4, -0.2) is 22.0 Å². The van der Waals surface area contributed by atoms with E-state index in [1.165, 1.54) is 11.6 Å². The minimum Gasteiger partial charge on any atom is -0.383 e. The number of hydrogen-bond acceptors (Lipinski definition) is 4. The van der Waals surface area contributed by atoms with Crippen LogP contribution in [0.25, 0.3) is 11.3 Å². The van der Waals surface area contributed by atoms with Crippen molar-refractivity contribution in [3.63, 3.8) is 0 Å². The van der Waals surface area contributed by atoms with E-state index in [1.54, 1.807) is 31.3 Å². The van der Waals surface area contributed by atoms with E-state index in [1.807, 2.05) is 0 Å². The summed E-state index contributed by atoms with van der Waals surface area (Å²) in [5, 5.41) is 6.88. The average molecular weight is 258 g/mol. The average Bonchev–Trinajstić information content (AvgIpc) is 2.65. The summed E-state index contributed by atoms with van der Waals surface area (Å²) in [5.41, 5.74) is 8.12.